The molecule has 0 saturated heterocycles. The third kappa shape index (κ3) is 4.26. The van der Waals surface area contributed by atoms with Gasteiger partial charge in [-0.05, 0) is 24.6 Å². The van der Waals surface area contributed by atoms with E-state index in [0.717, 1.165) is 5.56 Å². The summed E-state index contributed by atoms with van der Waals surface area (Å²) in [5, 5.41) is 2.52. The number of benzene rings is 1. The Morgan fingerprint density at radius 2 is 2.13 bits per heavy atom. The van der Waals surface area contributed by atoms with Crippen LogP contribution in [-0.4, -0.2) is 18.2 Å². The predicted octanol–water partition coefficient (Wildman–Crippen LogP) is 0.516. The summed E-state index contributed by atoms with van der Waals surface area (Å²) in [5.74, 6) is -0.230. The van der Waals surface area contributed by atoms with E-state index in [4.69, 9.17) is 5.73 Å². The van der Waals surface area contributed by atoms with Crippen LogP contribution in [0.3, 0.4) is 0 Å². The SMILES string of the molecule is CC(=O)CNC(=O)Cc1cccc(N)c1. The minimum Gasteiger partial charge on any atom is -0.399 e. The lowest BCUT2D eigenvalue weighted by atomic mass is 10.1. The minimum absolute atomic E-state index is 0.0593. The zero-order chi connectivity index (χ0) is 11.3. The molecule has 3 N–H and O–H groups in total. The fraction of sp³-hybridized carbons (Fsp3) is 0.273. The van der Waals surface area contributed by atoms with Gasteiger partial charge in [0.2, 0.25) is 5.91 Å². The first kappa shape index (κ1) is 11.2. The second kappa shape index (κ2) is 5.14. The molecule has 15 heavy (non-hydrogen) atoms. The highest BCUT2D eigenvalue weighted by Crippen LogP contribution is 2.06. The van der Waals surface area contributed by atoms with Crippen molar-refractivity contribution in [2.75, 3.05) is 12.3 Å². The molecule has 1 aromatic carbocycles. The minimum atomic E-state index is -0.171. The van der Waals surface area contributed by atoms with E-state index >= 15 is 0 Å². The Morgan fingerprint density at radius 3 is 2.73 bits per heavy atom. The van der Waals surface area contributed by atoms with Gasteiger partial charge in [-0.25, -0.2) is 0 Å². The zero-order valence-corrected chi connectivity index (χ0v) is 8.62. The van der Waals surface area contributed by atoms with Crippen LogP contribution in [0.4, 0.5) is 5.69 Å². The molecule has 0 spiro atoms. The van der Waals surface area contributed by atoms with Crippen LogP contribution in [0.15, 0.2) is 24.3 Å². The van der Waals surface area contributed by atoms with Crippen LogP contribution in [0.2, 0.25) is 0 Å². The average Bonchev–Trinajstić information content (AvgIpc) is 2.15. The largest absolute Gasteiger partial charge is 0.399 e. The van der Waals surface area contributed by atoms with E-state index in [1.165, 1.54) is 6.92 Å². The average molecular weight is 206 g/mol. The molecule has 0 fully saturated rings. The van der Waals surface area contributed by atoms with E-state index in [9.17, 15) is 9.59 Å². The van der Waals surface area contributed by atoms with Gasteiger partial charge in [0.05, 0.1) is 13.0 Å². The molecule has 0 aromatic heterocycles. The summed E-state index contributed by atoms with van der Waals surface area (Å²) < 4.78 is 0. The molecule has 0 heterocycles. The van der Waals surface area contributed by atoms with Gasteiger partial charge in [-0.1, -0.05) is 12.1 Å². The van der Waals surface area contributed by atoms with E-state index in [1.54, 1.807) is 18.2 Å². The molecular weight excluding hydrogens is 192 g/mol. The molecule has 4 heteroatoms. The van der Waals surface area contributed by atoms with E-state index < -0.39 is 0 Å². The maximum absolute atomic E-state index is 11.3. The summed E-state index contributed by atoms with van der Waals surface area (Å²) in [5.41, 5.74) is 7.05. The van der Waals surface area contributed by atoms with Crippen molar-refractivity contribution < 1.29 is 9.59 Å². The molecule has 80 valence electrons. The van der Waals surface area contributed by atoms with E-state index in [0.29, 0.717) is 5.69 Å². The van der Waals surface area contributed by atoms with Gasteiger partial charge in [0.15, 0.2) is 0 Å². The lowest BCUT2D eigenvalue weighted by Crippen LogP contribution is -2.29. The molecule has 0 aliphatic carbocycles. The summed E-state index contributed by atoms with van der Waals surface area (Å²) in [6.45, 7) is 1.52. The van der Waals surface area contributed by atoms with Crippen LogP contribution in [0.1, 0.15) is 12.5 Å². The first-order valence-electron chi connectivity index (χ1n) is 4.68. The van der Waals surface area contributed by atoms with E-state index in [1.807, 2.05) is 6.07 Å². The van der Waals surface area contributed by atoms with Crippen LogP contribution >= 0.6 is 0 Å². The highest BCUT2D eigenvalue weighted by Gasteiger charge is 2.03. The molecule has 0 atom stereocenters. The maximum Gasteiger partial charge on any atom is 0.224 e. The number of carbonyl (C=O) groups excluding carboxylic acids is 2. The summed E-state index contributed by atoms with van der Waals surface area (Å²) in [4.78, 5) is 21.9. The van der Waals surface area contributed by atoms with Crippen molar-refractivity contribution in [3.8, 4) is 0 Å². The quantitative estimate of drug-likeness (QED) is 0.705. The smallest absolute Gasteiger partial charge is 0.224 e. The Morgan fingerprint density at radius 1 is 1.40 bits per heavy atom. The normalized spacial score (nSPS) is 9.67. The molecule has 1 rings (SSSR count). The van der Waals surface area contributed by atoms with Crippen molar-refractivity contribution in [3.63, 3.8) is 0 Å². The van der Waals surface area contributed by atoms with Crippen LogP contribution in [0.5, 0.6) is 0 Å². The highest BCUT2D eigenvalue weighted by molar-refractivity contribution is 5.85. The topological polar surface area (TPSA) is 72.2 Å². The molecule has 1 aromatic rings. The number of carbonyl (C=O) groups is 2. The number of ketones is 1. The van der Waals surface area contributed by atoms with Crippen LogP contribution in [0.25, 0.3) is 0 Å². The monoisotopic (exact) mass is 206 g/mol. The Hall–Kier alpha value is -1.84. The van der Waals surface area contributed by atoms with Crippen molar-refractivity contribution in [1.82, 2.24) is 5.32 Å². The predicted molar refractivity (Wildman–Crippen MR) is 58.2 cm³/mol. The van der Waals surface area contributed by atoms with Gasteiger partial charge in [-0.15, -0.1) is 0 Å². The number of Topliss-reactive ketones (excluding diaryl/α,β-unsaturated/α-hetero) is 1. The van der Waals surface area contributed by atoms with Crippen molar-refractivity contribution in [3.05, 3.63) is 29.8 Å². The highest BCUT2D eigenvalue weighted by atomic mass is 16.2. The molecule has 4 nitrogen and oxygen atoms in total. The zero-order valence-electron chi connectivity index (χ0n) is 8.62. The summed E-state index contributed by atoms with van der Waals surface area (Å²) in [7, 11) is 0. The van der Waals surface area contributed by atoms with Crippen LogP contribution in [0, 0.1) is 0 Å². The van der Waals surface area contributed by atoms with Gasteiger partial charge in [-0.3, -0.25) is 9.59 Å². The number of amides is 1. The van der Waals surface area contributed by atoms with Crippen LogP contribution in [-0.2, 0) is 16.0 Å². The molecule has 0 unspecified atom stereocenters. The fourth-order valence-electron chi connectivity index (χ4n) is 1.17. The summed E-state index contributed by atoms with van der Waals surface area (Å²) >= 11 is 0. The second-order valence-electron chi connectivity index (χ2n) is 3.40. The summed E-state index contributed by atoms with van der Waals surface area (Å²) in [6.07, 6.45) is 0.248. The van der Waals surface area contributed by atoms with Crippen molar-refractivity contribution >= 4 is 17.4 Å². The standard InChI is InChI=1S/C11H14N2O2/c1-8(14)7-13-11(15)6-9-3-2-4-10(12)5-9/h2-5H,6-7,12H2,1H3,(H,13,15). The number of rotatable bonds is 4. The van der Waals surface area contributed by atoms with Crippen molar-refractivity contribution in [2.24, 2.45) is 0 Å². The number of anilines is 1. The Kier molecular flexibility index (Phi) is 3.85. The number of nitrogen functional groups attached to an aromatic ring is 1. The van der Waals surface area contributed by atoms with Gasteiger partial charge >= 0.3 is 0 Å². The van der Waals surface area contributed by atoms with Gasteiger partial charge < -0.3 is 11.1 Å². The lowest BCUT2D eigenvalue weighted by Gasteiger charge is -2.03. The van der Waals surface area contributed by atoms with Crippen LogP contribution < -0.4 is 11.1 Å². The Balaban J connectivity index is 2.48. The molecule has 0 aliphatic heterocycles. The molecule has 0 bridgehead atoms. The van der Waals surface area contributed by atoms with E-state index in [-0.39, 0.29) is 24.7 Å². The fourth-order valence-corrected chi connectivity index (χ4v) is 1.17. The number of nitrogens with one attached hydrogen (secondary N) is 1. The molecule has 1 amide bonds. The maximum atomic E-state index is 11.3. The first-order chi connectivity index (χ1) is 7.08. The number of hydrogen-bond donors (Lipinski definition) is 2. The van der Waals surface area contributed by atoms with Gasteiger partial charge in [-0.2, -0.15) is 0 Å². The Bertz CT molecular complexity index is 375. The summed E-state index contributed by atoms with van der Waals surface area (Å²) in [6, 6.07) is 7.12. The van der Waals surface area contributed by atoms with Gasteiger partial charge in [0.25, 0.3) is 0 Å². The molecule has 0 aliphatic rings. The van der Waals surface area contributed by atoms with Gasteiger partial charge in [0, 0.05) is 5.69 Å². The third-order valence-electron chi connectivity index (χ3n) is 1.85. The first-order valence-corrected chi connectivity index (χ1v) is 4.68. The Labute approximate surface area is 88.5 Å². The third-order valence-corrected chi connectivity index (χ3v) is 1.85. The second-order valence-corrected chi connectivity index (χ2v) is 3.40. The molecular formula is C11H14N2O2. The molecule has 0 radical (unpaired) electrons. The van der Waals surface area contributed by atoms with E-state index in [2.05, 4.69) is 5.32 Å². The number of hydrogen-bond acceptors (Lipinski definition) is 3. The van der Waals surface area contributed by atoms with Crippen molar-refractivity contribution in [1.29, 1.82) is 0 Å². The van der Waals surface area contributed by atoms with Crippen molar-refractivity contribution in [2.45, 2.75) is 13.3 Å². The van der Waals surface area contributed by atoms with Gasteiger partial charge in [0.1, 0.15) is 5.78 Å². The number of nitrogens with two attached hydrogens (primary N) is 1. The molecule has 0 saturated carbocycles. The lowest BCUT2D eigenvalue weighted by molar-refractivity contribution is -0.124.